The van der Waals surface area contributed by atoms with Gasteiger partial charge in [-0.05, 0) is 49.0 Å². The predicted molar refractivity (Wildman–Crippen MR) is 103 cm³/mol. The Hall–Kier alpha value is -2.06. The molecule has 6 nitrogen and oxygen atoms in total. The van der Waals surface area contributed by atoms with Crippen molar-refractivity contribution in [3.8, 4) is 5.75 Å². The molecule has 0 aromatic heterocycles. The smallest absolute Gasteiger partial charge is 0.248 e. The topological polar surface area (TPSA) is 84.5 Å². The zero-order valence-corrected chi connectivity index (χ0v) is 16.2. The first-order valence-corrected chi connectivity index (χ1v) is 9.56. The molecule has 0 aliphatic heterocycles. The average molecular weight is 415 g/mol. The lowest BCUT2D eigenvalue weighted by atomic mass is 10.2. The minimum atomic E-state index is -3.70. The number of halogens is 2. The van der Waals surface area contributed by atoms with E-state index in [2.05, 4.69) is 10.0 Å². The second-order valence-corrected chi connectivity index (χ2v) is 7.74. The summed E-state index contributed by atoms with van der Waals surface area (Å²) in [4.78, 5) is 12.0. The number of nitrogens with one attached hydrogen (secondary N) is 2. The van der Waals surface area contributed by atoms with Gasteiger partial charge in [0.05, 0.1) is 17.2 Å². The van der Waals surface area contributed by atoms with Crippen molar-refractivity contribution >= 4 is 50.9 Å². The van der Waals surface area contributed by atoms with Gasteiger partial charge in [0.15, 0.2) is 0 Å². The summed E-state index contributed by atoms with van der Waals surface area (Å²) in [6.45, 7) is 0. The van der Waals surface area contributed by atoms with Crippen LogP contribution < -0.4 is 14.8 Å². The number of anilines is 1. The molecule has 26 heavy (non-hydrogen) atoms. The molecule has 2 rings (SSSR count). The lowest BCUT2D eigenvalue weighted by Crippen LogP contribution is -2.19. The average Bonchev–Trinajstić information content (AvgIpc) is 2.62. The van der Waals surface area contributed by atoms with Crippen molar-refractivity contribution in [3.05, 3.63) is 58.1 Å². The Kier molecular flexibility index (Phi) is 6.66. The Bertz CT molecular complexity index is 959. The van der Waals surface area contributed by atoms with E-state index in [0.29, 0.717) is 21.3 Å². The molecule has 9 heteroatoms. The molecule has 0 aliphatic carbocycles. The summed E-state index contributed by atoms with van der Waals surface area (Å²) in [5.41, 5.74) is 1.01. The first-order valence-electron chi connectivity index (χ1n) is 7.32. The maximum Gasteiger partial charge on any atom is 0.248 e. The number of benzene rings is 2. The first-order chi connectivity index (χ1) is 12.3. The fourth-order valence-corrected chi connectivity index (χ4v) is 3.27. The normalized spacial score (nSPS) is 11.5. The number of ether oxygens (including phenoxy) is 1. The van der Waals surface area contributed by atoms with Gasteiger partial charge in [-0.2, -0.15) is 0 Å². The fourth-order valence-electron chi connectivity index (χ4n) is 2.05. The highest BCUT2D eigenvalue weighted by atomic mass is 35.5. The molecule has 2 aromatic rings. The number of hydrogen-bond acceptors (Lipinski definition) is 4. The van der Waals surface area contributed by atoms with Crippen molar-refractivity contribution in [2.45, 2.75) is 4.90 Å². The minimum absolute atomic E-state index is 0.0189. The highest BCUT2D eigenvalue weighted by Crippen LogP contribution is 2.26. The standard InChI is InChI=1S/C17H16Cl2N2O4S/c1-20-26(23,24)16-9-11(3-7-15(16)25-2)4-8-17(22)21-12-5-6-13(18)14(19)10-12/h3-10,20H,1-2H3,(H,21,22)/b8-4+. The van der Waals surface area contributed by atoms with E-state index in [1.54, 1.807) is 18.2 Å². The van der Waals surface area contributed by atoms with E-state index in [0.717, 1.165) is 0 Å². The zero-order valence-electron chi connectivity index (χ0n) is 13.9. The van der Waals surface area contributed by atoms with Crippen LogP contribution in [-0.2, 0) is 14.8 Å². The first kappa shape index (κ1) is 20.3. The van der Waals surface area contributed by atoms with Crippen LogP contribution in [0.3, 0.4) is 0 Å². The Morgan fingerprint density at radius 3 is 2.46 bits per heavy atom. The third-order valence-corrected chi connectivity index (χ3v) is 5.53. The molecule has 0 atom stereocenters. The van der Waals surface area contributed by atoms with Crippen molar-refractivity contribution in [2.24, 2.45) is 0 Å². The van der Waals surface area contributed by atoms with Gasteiger partial charge in [0.1, 0.15) is 10.6 Å². The van der Waals surface area contributed by atoms with E-state index in [1.807, 2.05) is 0 Å². The Labute approximate surface area is 161 Å². The number of hydrogen-bond donors (Lipinski definition) is 2. The molecule has 0 saturated heterocycles. The van der Waals surface area contributed by atoms with E-state index in [1.165, 1.54) is 44.5 Å². The Balaban J connectivity index is 2.20. The number of methoxy groups -OCH3 is 1. The summed E-state index contributed by atoms with van der Waals surface area (Å²) in [5.74, 6) is -0.200. The highest BCUT2D eigenvalue weighted by Gasteiger charge is 2.17. The molecule has 138 valence electrons. The number of sulfonamides is 1. The number of amides is 1. The number of carbonyl (C=O) groups excluding carboxylic acids is 1. The maximum absolute atomic E-state index is 12.1. The quantitative estimate of drug-likeness (QED) is 0.707. The van der Waals surface area contributed by atoms with Gasteiger partial charge >= 0.3 is 0 Å². The molecular formula is C17H16Cl2N2O4S. The third kappa shape index (κ3) is 4.98. The van der Waals surface area contributed by atoms with Crippen LogP contribution in [0.1, 0.15) is 5.56 Å². The molecule has 0 unspecified atom stereocenters. The van der Waals surface area contributed by atoms with Crippen molar-refractivity contribution in [1.82, 2.24) is 4.72 Å². The molecule has 1 amide bonds. The molecular weight excluding hydrogens is 399 g/mol. The lowest BCUT2D eigenvalue weighted by molar-refractivity contribution is -0.111. The second-order valence-electron chi connectivity index (χ2n) is 5.07. The zero-order chi connectivity index (χ0) is 19.3. The Morgan fingerprint density at radius 2 is 1.85 bits per heavy atom. The largest absolute Gasteiger partial charge is 0.495 e. The van der Waals surface area contributed by atoms with Crippen LogP contribution in [0, 0.1) is 0 Å². The lowest BCUT2D eigenvalue weighted by Gasteiger charge is -2.09. The van der Waals surface area contributed by atoms with Gasteiger partial charge in [-0.1, -0.05) is 29.3 Å². The Morgan fingerprint density at radius 1 is 1.12 bits per heavy atom. The van der Waals surface area contributed by atoms with Crippen molar-refractivity contribution in [3.63, 3.8) is 0 Å². The predicted octanol–water partition coefficient (Wildman–Crippen LogP) is 3.56. The SMILES string of the molecule is CNS(=O)(=O)c1cc(/C=C/C(=O)Nc2ccc(Cl)c(Cl)c2)ccc1OC. The van der Waals surface area contributed by atoms with Crippen molar-refractivity contribution in [1.29, 1.82) is 0 Å². The van der Waals surface area contributed by atoms with Gasteiger partial charge in [-0.3, -0.25) is 4.79 Å². The van der Waals surface area contributed by atoms with E-state index >= 15 is 0 Å². The van der Waals surface area contributed by atoms with Gasteiger partial charge in [-0.25, -0.2) is 13.1 Å². The molecule has 0 radical (unpaired) electrons. The van der Waals surface area contributed by atoms with Gasteiger partial charge in [0.2, 0.25) is 15.9 Å². The molecule has 2 N–H and O–H groups in total. The van der Waals surface area contributed by atoms with E-state index in [9.17, 15) is 13.2 Å². The van der Waals surface area contributed by atoms with Crippen LogP contribution in [0.25, 0.3) is 6.08 Å². The second kappa shape index (κ2) is 8.55. The monoisotopic (exact) mass is 414 g/mol. The van der Waals surface area contributed by atoms with E-state index in [-0.39, 0.29) is 10.6 Å². The maximum atomic E-state index is 12.1. The van der Waals surface area contributed by atoms with Crippen molar-refractivity contribution < 1.29 is 17.9 Å². The molecule has 0 spiro atoms. The van der Waals surface area contributed by atoms with E-state index in [4.69, 9.17) is 27.9 Å². The van der Waals surface area contributed by atoms with Gasteiger partial charge in [0, 0.05) is 11.8 Å². The van der Waals surface area contributed by atoms with Crippen LogP contribution in [0.4, 0.5) is 5.69 Å². The molecule has 0 aliphatic rings. The van der Waals surface area contributed by atoms with Crippen LogP contribution in [0.15, 0.2) is 47.4 Å². The highest BCUT2D eigenvalue weighted by molar-refractivity contribution is 7.89. The van der Waals surface area contributed by atoms with Crippen LogP contribution in [-0.4, -0.2) is 28.5 Å². The molecule has 0 bridgehead atoms. The summed E-state index contributed by atoms with van der Waals surface area (Å²) in [6, 6.07) is 9.28. The third-order valence-electron chi connectivity index (χ3n) is 3.36. The summed E-state index contributed by atoms with van der Waals surface area (Å²) < 4.78 is 31.4. The number of rotatable bonds is 6. The van der Waals surface area contributed by atoms with Crippen LogP contribution in [0.5, 0.6) is 5.75 Å². The van der Waals surface area contributed by atoms with Crippen LogP contribution >= 0.6 is 23.2 Å². The summed E-state index contributed by atoms with van der Waals surface area (Å²) in [6.07, 6.45) is 2.76. The van der Waals surface area contributed by atoms with Crippen molar-refractivity contribution in [2.75, 3.05) is 19.5 Å². The summed E-state index contributed by atoms with van der Waals surface area (Å²) >= 11 is 11.7. The van der Waals surface area contributed by atoms with E-state index < -0.39 is 15.9 Å². The minimum Gasteiger partial charge on any atom is -0.495 e. The molecule has 2 aromatic carbocycles. The molecule has 0 saturated carbocycles. The van der Waals surface area contributed by atoms with Gasteiger partial charge < -0.3 is 10.1 Å². The molecule has 0 fully saturated rings. The summed E-state index contributed by atoms with van der Waals surface area (Å²) in [7, 11) is -1.01. The molecule has 0 heterocycles. The van der Waals surface area contributed by atoms with Gasteiger partial charge in [-0.15, -0.1) is 0 Å². The van der Waals surface area contributed by atoms with Crippen LogP contribution in [0.2, 0.25) is 10.0 Å². The number of carbonyl (C=O) groups is 1. The summed E-state index contributed by atoms with van der Waals surface area (Å²) in [5, 5.41) is 3.35. The fraction of sp³-hybridized carbons (Fsp3) is 0.118. The van der Waals surface area contributed by atoms with Gasteiger partial charge in [0.25, 0.3) is 0 Å².